The molecule has 3 atom stereocenters. The van der Waals surface area contributed by atoms with Gasteiger partial charge < -0.3 is 66.2 Å². The summed E-state index contributed by atoms with van der Waals surface area (Å²) in [6.45, 7) is 17.3. The van der Waals surface area contributed by atoms with Crippen LogP contribution in [0.25, 0.3) is 22.3 Å². The SMILES string of the molecule is CC(C)=C(O)OCc1c(C)cc2n(c1=O)Cc1c-2nc2cc(F)c(C)c3c2c1CCC3.CC(CC(N)=O)OCNC=O.CCC(C)(O)NCCCCCC(=O)NCC=O.CCNC.CNCC(=O)NC(C=O)Cc1ccccc1. The van der Waals surface area contributed by atoms with Crippen LogP contribution in [0.2, 0.25) is 0 Å². The van der Waals surface area contributed by atoms with Crippen molar-refractivity contribution in [2.24, 2.45) is 5.73 Å². The minimum atomic E-state index is -0.790. The van der Waals surface area contributed by atoms with Crippen molar-refractivity contribution >= 4 is 47.6 Å². The number of allylic oxidation sites excluding steroid dienone is 1. The van der Waals surface area contributed by atoms with Crippen molar-refractivity contribution in [2.45, 2.75) is 151 Å². The molecule has 0 bridgehead atoms. The minimum Gasteiger partial charge on any atom is -0.481 e. The minimum absolute atomic E-state index is 0.00905. The molecule has 20 nitrogen and oxygen atoms in total. The predicted octanol–water partition coefficient (Wildman–Crippen LogP) is 4.89. The second kappa shape index (κ2) is 36.3. The lowest BCUT2D eigenvalue weighted by atomic mass is 9.85. The monoisotopic (exact) mass is 1100 g/mol. The first-order valence-electron chi connectivity index (χ1n) is 26.8. The van der Waals surface area contributed by atoms with E-state index in [4.69, 9.17) is 20.2 Å². The molecule has 0 saturated heterocycles. The van der Waals surface area contributed by atoms with Crippen LogP contribution in [0, 0.1) is 19.7 Å². The zero-order valence-electron chi connectivity index (χ0n) is 47.9. The Balaban J connectivity index is 0.000000381. The maximum atomic E-state index is 14.6. The third-order valence-electron chi connectivity index (χ3n) is 12.8. The number of nitrogens with zero attached hydrogens (tertiary/aromatic N) is 2. The molecule has 10 N–H and O–H groups in total. The first-order valence-corrected chi connectivity index (χ1v) is 26.8. The van der Waals surface area contributed by atoms with E-state index in [-0.39, 0.29) is 68.1 Å². The third-order valence-corrected chi connectivity index (χ3v) is 12.8. The summed E-state index contributed by atoms with van der Waals surface area (Å²) in [4.78, 5) is 81.4. The zero-order valence-corrected chi connectivity index (χ0v) is 47.9. The molecular weight excluding hydrogens is 1020 g/mol. The molecule has 3 heterocycles. The molecule has 6 rings (SSSR count). The highest BCUT2D eigenvalue weighted by Gasteiger charge is 2.30. The Morgan fingerprint density at radius 2 is 1.66 bits per heavy atom. The van der Waals surface area contributed by atoms with Crippen molar-refractivity contribution in [2.75, 3.05) is 47.0 Å². The quantitative estimate of drug-likeness (QED) is 0.0154. The van der Waals surface area contributed by atoms with E-state index in [1.54, 1.807) is 39.3 Å². The van der Waals surface area contributed by atoms with E-state index in [0.717, 1.165) is 96.9 Å². The summed E-state index contributed by atoms with van der Waals surface area (Å²) in [7, 11) is 3.62. The molecule has 79 heavy (non-hydrogen) atoms. The molecule has 1 aliphatic carbocycles. The number of aryl methyl sites for hydroxylation is 3. The number of hydrogen-bond donors (Lipinski definition) is 9. The number of unbranched alkanes of at least 4 members (excludes halogenated alkanes) is 2. The van der Waals surface area contributed by atoms with Gasteiger partial charge in [-0.2, -0.15) is 0 Å². The lowest BCUT2D eigenvalue weighted by molar-refractivity contribution is -0.123. The molecule has 2 aromatic carbocycles. The molecule has 0 saturated carbocycles. The van der Waals surface area contributed by atoms with Crippen LogP contribution >= 0.6 is 0 Å². The summed E-state index contributed by atoms with van der Waals surface area (Å²) in [5.41, 5.74) is 13.2. The van der Waals surface area contributed by atoms with Crippen LogP contribution in [-0.2, 0) is 70.7 Å². The maximum absolute atomic E-state index is 14.6. The molecule has 1 aliphatic heterocycles. The highest BCUT2D eigenvalue weighted by Crippen LogP contribution is 2.41. The number of nitrogens with two attached hydrogens (primary N) is 1. The molecule has 0 radical (unpaired) electrons. The maximum Gasteiger partial charge on any atom is 0.275 e. The number of likely N-dealkylation sites (N-methyl/N-ethyl adjacent to an activating group) is 1. The summed E-state index contributed by atoms with van der Waals surface area (Å²) < 4.78 is 26.6. The van der Waals surface area contributed by atoms with Gasteiger partial charge in [-0.25, -0.2) is 9.37 Å². The normalized spacial score (nSPS) is 12.9. The number of aldehydes is 2. The van der Waals surface area contributed by atoms with Crippen LogP contribution in [0.15, 0.2) is 58.8 Å². The van der Waals surface area contributed by atoms with E-state index in [9.17, 15) is 48.2 Å². The van der Waals surface area contributed by atoms with Gasteiger partial charge in [0.15, 0.2) is 0 Å². The van der Waals surface area contributed by atoms with E-state index in [0.29, 0.717) is 60.7 Å². The molecular formula is C58H86FN9O11. The Bertz CT molecular complexity index is 2690. The average molecular weight is 1100 g/mol. The Kier molecular flexibility index (Phi) is 31.3. The fourth-order valence-corrected chi connectivity index (χ4v) is 8.19. The van der Waals surface area contributed by atoms with E-state index >= 15 is 0 Å². The lowest BCUT2D eigenvalue weighted by Gasteiger charge is -2.22. The molecule has 436 valence electrons. The molecule has 2 aliphatic rings. The van der Waals surface area contributed by atoms with Crippen molar-refractivity contribution in [3.8, 4) is 11.4 Å². The first kappa shape index (κ1) is 68.2. The van der Waals surface area contributed by atoms with Crippen LogP contribution in [0.1, 0.15) is 125 Å². The van der Waals surface area contributed by atoms with Gasteiger partial charge in [-0.05, 0) is 148 Å². The number of carbonyl (C=O) groups excluding carboxylic acids is 6. The van der Waals surface area contributed by atoms with Crippen LogP contribution in [-0.4, -0.2) is 121 Å². The number of rotatable bonds is 26. The smallest absolute Gasteiger partial charge is 0.275 e. The van der Waals surface area contributed by atoms with E-state index in [2.05, 4.69) is 38.8 Å². The number of aliphatic hydroxyl groups excluding tert-OH is 1. The van der Waals surface area contributed by atoms with E-state index in [1.807, 2.05) is 64.2 Å². The number of fused-ring (bicyclic) bond motifs is 4. The van der Waals surface area contributed by atoms with Gasteiger partial charge in [0.05, 0.1) is 60.7 Å². The number of hydrogen-bond acceptors (Lipinski definition) is 15. The Labute approximate surface area is 464 Å². The number of pyridine rings is 2. The van der Waals surface area contributed by atoms with Gasteiger partial charge in [-0.1, -0.05) is 50.6 Å². The van der Waals surface area contributed by atoms with Crippen molar-refractivity contribution in [3.05, 3.63) is 109 Å². The summed E-state index contributed by atoms with van der Waals surface area (Å²) >= 11 is 0. The van der Waals surface area contributed by atoms with Crippen LogP contribution in [0.3, 0.4) is 0 Å². The second-order valence-electron chi connectivity index (χ2n) is 19.5. The van der Waals surface area contributed by atoms with Crippen molar-refractivity contribution in [1.29, 1.82) is 0 Å². The predicted molar refractivity (Wildman–Crippen MR) is 304 cm³/mol. The number of carbonyl (C=O) groups is 6. The fourth-order valence-electron chi connectivity index (χ4n) is 8.19. The number of aromatic nitrogens is 2. The number of amides is 4. The second-order valence-corrected chi connectivity index (χ2v) is 19.5. The Morgan fingerprint density at radius 1 is 0.975 bits per heavy atom. The van der Waals surface area contributed by atoms with Gasteiger partial charge in [-0.15, -0.1) is 0 Å². The van der Waals surface area contributed by atoms with Crippen molar-refractivity contribution in [1.82, 2.24) is 41.5 Å². The lowest BCUT2D eigenvalue weighted by Crippen LogP contribution is -2.41. The molecule has 0 spiro atoms. The zero-order chi connectivity index (χ0) is 59.1. The molecule has 21 heteroatoms. The Hall–Kier alpha value is -6.91. The summed E-state index contributed by atoms with van der Waals surface area (Å²) in [5.74, 6) is -1.04. The number of halogens is 1. The summed E-state index contributed by atoms with van der Waals surface area (Å²) in [6.07, 6.45) is 8.93. The van der Waals surface area contributed by atoms with Gasteiger partial charge in [0.1, 0.15) is 37.5 Å². The van der Waals surface area contributed by atoms with E-state index in [1.165, 1.54) is 11.6 Å². The number of aliphatic hydroxyl groups is 2. The molecule has 0 fully saturated rings. The van der Waals surface area contributed by atoms with Gasteiger partial charge in [0.25, 0.3) is 11.5 Å². The largest absolute Gasteiger partial charge is 0.481 e. The number of nitrogens with one attached hydrogen (secondary N) is 6. The number of ether oxygens (including phenoxy) is 2. The highest BCUT2D eigenvalue weighted by atomic mass is 19.1. The highest BCUT2D eigenvalue weighted by molar-refractivity contribution is 5.92. The standard InChI is InChI=1S/C25H25FN2O3.C12H24N2O3.C12H16N2O2.C6H12N2O3.C3H9N/c1-12(2)25(30)31-11-18-13(3)8-21-23-17(10-28(21)24(18)29)16-7-5-6-15-14(4)19(26)9-20(27-23)22(15)16;1-3-12(2,17)14-8-6-4-5-7-11(16)13-9-10-15;1-13-8-12(16)14-11(9-15)7-10-5-3-2-4-6-10;1-5(2-6(7)10)11-4-8-3-9;1-3-4-2/h8-9,30H,5-7,10-11H2,1-4H3;10,14,17H,3-9H2,1-2H3,(H,13,16);2-6,9,11,13H,7-8H2,1H3,(H,14,16);3,5H,2,4H2,1H3,(H2,7,10)(H,8,9);4H,3H2,1-2H3. The topological polar surface area (TPSA) is 294 Å². The Morgan fingerprint density at radius 3 is 2.25 bits per heavy atom. The van der Waals surface area contributed by atoms with Gasteiger partial charge in [0, 0.05) is 29.0 Å². The molecule has 4 aromatic rings. The van der Waals surface area contributed by atoms with Crippen molar-refractivity contribution in [3.63, 3.8) is 0 Å². The first-order chi connectivity index (χ1) is 37.6. The average Bonchev–Trinajstić information content (AvgIpc) is 4.06. The summed E-state index contributed by atoms with van der Waals surface area (Å²) in [6, 6.07) is 12.6. The van der Waals surface area contributed by atoms with Gasteiger partial charge >= 0.3 is 0 Å². The van der Waals surface area contributed by atoms with Crippen LogP contribution in [0.4, 0.5) is 4.39 Å². The van der Waals surface area contributed by atoms with E-state index < -0.39 is 17.7 Å². The van der Waals surface area contributed by atoms with Crippen LogP contribution in [0.5, 0.6) is 0 Å². The molecule has 4 amide bonds. The summed E-state index contributed by atoms with van der Waals surface area (Å²) in [5, 5.41) is 36.7. The number of primary amides is 1. The fraction of sp³-hybridized carbons (Fsp3) is 0.517. The molecule has 3 unspecified atom stereocenters. The molecule has 2 aromatic heterocycles. The van der Waals surface area contributed by atoms with Gasteiger partial charge in [-0.3, -0.25) is 29.3 Å². The third kappa shape index (κ3) is 23.5. The van der Waals surface area contributed by atoms with Crippen molar-refractivity contribution < 1.29 is 52.8 Å². The number of benzene rings is 2. The van der Waals surface area contributed by atoms with Crippen LogP contribution < -0.4 is 43.2 Å². The van der Waals surface area contributed by atoms with Gasteiger partial charge in [0.2, 0.25) is 24.1 Å².